The first kappa shape index (κ1) is 15.8. The lowest BCUT2D eigenvalue weighted by Gasteiger charge is -2.10. The van der Waals surface area contributed by atoms with Crippen molar-refractivity contribution in [3.63, 3.8) is 0 Å². The molecule has 7 heteroatoms. The van der Waals surface area contributed by atoms with Crippen molar-refractivity contribution in [3.05, 3.63) is 43.3 Å². The van der Waals surface area contributed by atoms with Gasteiger partial charge in [0.1, 0.15) is 0 Å². The van der Waals surface area contributed by atoms with Crippen LogP contribution in [0.2, 0.25) is 0 Å². The number of aromatic amines is 1. The maximum absolute atomic E-state index is 11.7. The molecule has 2 aromatic rings. The van der Waals surface area contributed by atoms with Gasteiger partial charge >= 0.3 is 0 Å². The van der Waals surface area contributed by atoms with E-state index in [1.54, 1.807) is 24.3 Å². The van der Waals surface area contributed by atoms with Gasteiger partial charge in [-0.3, -0.25) is 9.59 Å². The molecule has 1 amide bonds. The molecule has 0 saturated heterocycles. The number of hydrogen-bond donors (Lipinski definition) is 2. The molecule has 0 unspecified atom stereocenters. The number of likely N-dealkylation sites (N-methyl/N-ethyl adjacent to an activating group) is 1. The second-order valence-corrected chi connectivity index (χ2v) is 5.50. The molecule has 1 aromatic heterocycles. The largest absolute Gasteiger partial charge is 0.493 e. The van der Waals surface area contributed by atoms with Crippen molar-refractivity contribution in [1.82, 2.24) is 10.3 Å². The van der Waals surface area contributed by atoms with E-state index in [9.17, 15) is 9.59 Å². The molecule has 0 radical (unpaired) electrons. The third-order valence-corrected chi connectivity index (χ3v) is 3.70. The zero-order valence-electron chi connectivity index (χ0n) is 12.3. The van der Waals surface area contributed by atoms with Gasteiger partial charge in [-0.05, 0) is 23.8 Å². The first-order chi connectivity index (χ1) is 10.5. The van der Waals surface area contributed by atoms with Crippen LogP contribution in [-0.4, -0.2) is 31.7 Å². The predicted octanol–water partition coefficient (Wildman–Crippen LogP) is -0.191. The summed E-state index contributed by atoms with van der Waals surface area (Å²) in [7, 11) is 3.05. The smallest absolute Gasteiger partial charge is 0.266 e. The van der Waals surface area contributed by atoms with Crippen LogP contribution in [0.25, 0.3) is 12.7 Å². The van der Waals surface area contributed by atoms with E-state index in [1.807, 2.05) is 0 Å². The quantitative estimate of drug-likeness (QED) is 0.800. The Bertz CT molecular complexity index is 838. The van der Waals surface area contributed by atoms with Crippen LogP contribution in [0.3, 0.4) is 0 Å². The summed E-state index contributed by atoms with van der Waals surface area (Å²) in [5.41, 5.74) is 0.616. The molecule has 0 spiro atoms. The Labute approximate surface area is 130 Å². The molecule has 6 nitrogen and oxygen atoms in total. The topological polar surface area (TPSA) is 80.4 Å². The van der Waals surface area contributed by atoms with Gasteiger partial charge in [0, 0.05) is 7.05 Å². The van der Waals surface area contributed by atoms with Crippen LogP contribution in [0, 0.1) is 0 Å². The lowest BCUT2D eigenvalue weighted by atomic mass is 10.2. The first-order valence-corrected chi connectivity index (χ1v) is 7.26. The number of ether oxygens (including phenoxy) is 2. The summed E-state index contributed by atoms with van der Waals surface area (Å²) in [4.78, 5) is 25.5. The van der Waals surface area contributed by atoms with Gasteiger partial charge in [0.25, 0.3) is 11.5 Å². The Kier molecular flexibility index (Phi) is 5.00. The van der Waals surface area contributed by atoms with Gasteiger partial charge < -0.3 is 19.8 Å². The minimum absolute atomic E-state index is 0.0919. The number of amides is 1. The summed E-state index contributed by atoms with van der Waals surface area (Å²) in [5, 5.41) is 2.47. The maximum atomic E-state index is 11.7. The van der Waals surface area contributed by atoms with E-state index < -0.39 is 0 Å². The molecule has 116 valence electrons. The standard InChI is InChI=1S/C15H16N2O4S/c1-9-17-15(19)13(22-9)7-10-4-5-11(12(6-10)20-3)21-8-14(18)16-2/h4-7H,1,8H2,2-3H3,(H,16,18)(H,17,19)/b13-7-. The van der Waals surface area contributed by atoms with E-state index in [2.05, 4.69) is 16.9 Å². The van der Waals surface area contributed by atoms with Gasteiger partial charge in [0.15, 0.2) is 18.1 Å². The fourth-order valence-electron chi connectivity index (χ4n) is 1.75. The monoisotopic (exact) mass is 320 g/mol. The number of methoxy groups -OCH3 is 1. The average Bonchev–Trinajstić information content (AvgIpc) is 2.83. The highest BCUT2D eigenvalue weighted by Crippen LogP contribution is 2.28. The third-order valence-electron chi connectivity index (χ3n) is 2.83. The fraction of sp³-hybridized carbons (Fsp3) is 0.200. The van der Waals surface area contributed by atoms with Gasteiger partial charge in [0.05, 0.1) is 16.3 Å². The highest BCUT2D eigenvalue weighted by Gasteiger charge is 2.07. The molecule has 2 N–H and O–H groups in total. The summed E-state index contributed by atoms with van der Waals surface area (Å²) >= 11 is 1.28. The van der Waals surface area contributed by atoms with Crippen LogP contribution >= 0.6 is 11.3 Å². The number of carbonyl (C=O) groups excluding carboxylic acids is 1. The van der Waals surface area contributed by atoms with E-state index >= 15 is 0 Å². The summed E-state index contributed by atoms with van der Waals surface area (Å²) in [6.07, 6.45) is 1.74. The van der Waals surface area contributed by atoms with Crippen LogP contribution in [0.4, 0.5) is 0 Å². The van der Waals surface area contributed by atoms with E-state index in [0.29, 0.717) is 20.7 Å². The van der Waals surface area contributed by atoms with Crippen LogP contribution < -0.4 is 29.5 Å². The number of carbonyl (C=O) groups is 1. The van der Waals surface area contributed by atoms with Gasteiger partial charge in [-0.1, -0.05) is 12.6 Å². The predicted molar refractivity (Wildman–Crippen MR) is 85.8 cm³/mol. The van der Waals surface area contributed by atoms with Crippen molar-refractivity contribution in [3.8, 4) is 11.5 Å². The molecule has 1 heterocycles. The van der Waals surface area contributed by atoms with E-state index in [-0.39, 0.29) is 18.1 Å². The van der Waals surface area contributed by atoms with Crippen LogP contribution in [0.5, 0.6) is 11.5 Å². The molecular weight excluding hydrogens is 304 g/mol. The van der Waals surface area contributed by atoms with Gasteiger partial charge in [0.2, 0.25) is 0 Å². The molecule has 0 bridgehead atoms. The highest BCUT2D eigenvalue weighted by molar-refractivity contribution is 7.07. The normalized spacial score (nSPS) is 11.3. The zero-order valence-corrected chi connectivity index (χ0v) is 13.1. The molecule has 0 aliphatic heterocycles. The molecule has 0 atom stereocenters. The Hall–Kier alpha value is -2.54. The van der Waals surface area contributed by atoms with Crippen LogP contribution in [0.1, 0.15) is 5.56 Å². The zero-order chi connectivity index (χ0) is 16.1. The summed E-state index contributed by atoms with van der Waals surface area (Å²) in [6.45, 7) is 3.61. The molecule has 2 rings (SSSR count). The Morgan fingerprint density at radius 3 is 2.82 bits per heavy atom. The van der Waals surface area contributed by atoms with Crippen LogP contribution in [-0.2, 0) is 4.79 Å². The van der Waals surface area contributed by atoms with E-state index in [0.717, 1.165) is 5.56 Å². The third kappa shape index (κ3) is 3.76. The molecule has 0 fully saturated rings. The van der Waals surface area contributed by atoms with Crippen molar-refractivity contribution < 1.29 is 14.3 Å². The van der Waals surface area contributed by atoms with Gasteiger partial charge in [-0.15, -0.1) is 11.3 Å². The molecular formula is C15H16N2O4S. The lowest BCUT2D eigenvalue weighted by Crippen LogP contribution is -2.24. The summed E-state index contributed by atoms with van der Waals surface area (Å²) in [5.74, 6) is 0.715. The second kappa shape index (κ2) is 6.95. The first-order valence-electron chi connectivity index (χ1n) is 6.44. The lowest BCUT2D eigenvalue weighted by molar-refractivity contribution is -0.122. The number of hydrogen-bond acceptors (Lipinski definition) is 5. The molecule has 22 heavy (non-hydrogen) atoms. The minimum atomic E-state index is -0.231. The highest BCUT2D eigenvalue weighted by atomic mass is 32.1. The van der Waals surface area contributed by atoms with Crippen LogP contribution in [0.15, 0.2) is 23.0 Å². The Balaban J connectivity index is 2.31. The van der Waals surface area contributed by atoms with Crippen molar-refractivity contribution in [2.24, 2.45) is 0 Å². The minimum Gasteiger partial charge on any atom is -0.493 e. The number of aromatic nitrogens is 1. The average molecular weight is 320 g/mol. The molecule has 0 aliphatic rings. The molecule has 0 saturated carbocycles. The fourth-order valence-corrected chi connectivity index (χ4v) is 2.50. The summed E-state index contributed by atoms with van der Waals surface area (Å²) < 4.78 is 11.8. The number of H-pyrrole nitrogens is 1. The van der Waals surface area contributed by atoms with Crippen molar-refractivity contribution in [2.45, 2.75) is 0 Å². The van der Waals surface area contributed by atoms with Crippen molar-refractivity contribution in [1.29, 1.82) is 0 Å². The maximum Gasteiger partial charge on any atom is 0.266 e. The summed E-state index contributed by atoms with van der Waals surface area (Å²) in [6, 6.07) is 5.21. The number of benzene rings is 1. The SMILES string of the molecule is C=c1[nH]c(=O)/c(=C/c2ccc(OCC(=O)NC)c(OC)c2)s1. The van der Waals surface area contributed by atoms with Crippen molar-refractivity contribution in [2.75, 3.05) is 20.8 Å². The Morgan fingerprint density at radius 2 is 2.23 bits per heavy atom. The van der Waals surface area contributed by atoms with E-state index in [4.69, 9.17) is 9.47 Å². The Morgan fingerprint density at radius 1 is 1.45 bits per heavy atom. The number of rotatable bonds is 5. The van der Waals surface area contributed by atoms with Gasteiger partial charge in [-0.25, -0.2) is 0 Å². The van der Waals surface area contributed by atoms with E-state index in [1.165, 1.54) is 25.5 Å². The van der Waals surface area contributed by atoms with Gasteiger partial charge in [-0.2, -0.15) is 0 Å². The second-order valence-electron chi connectivity index (χ2n) is 4.36. The number of nitrogens with one attached hydrogen (secondary N) is 2. The van der Waals surface area contributed by atoms with Crippen molar-refractivity contribution >= 4 is 29.9 Å². The molecule has 1 aromatic carbocycles. The molecule has 0 aliphatic carbocycles. The number of thiazole rings is 1.